The summed E-state index contributed by atoms with van der Waals surface area (Å²) in [6.45, 7) is 1.83. The summed E-state index contributed by atoms with van der Waals surface area (Å²) in [6, 6.07) is 5.17. The van der Waals surface area contributed by atoms with Gasteiger partial charge in [0.15, 0.2) is 11.5 Å². The van der Waals surface area contributed by atoms with Gasteiger partial charge >= 0.3 is 0 Å². The highest BCUT2D eigenvalue weighted by Gasteiger charge is 2.08. The second kappa shape index (κ2) is 4.69. The smallest absolute Gasteiger partial charge is 0.241 e. The highest BCUT2D eigenvalue weighted by Crippen LogP contribution is 2.32. The molecule has 0 fully saturated rings. The van der Waals surface area contributed by atoms with Gasteiger partial charge in [-0.25, -0.2) is 4.98 Å². The molecule has 0 aliphatic carbocycles. The van der Waals surface area contributed by atoms with Gasteiger partial charge in [-0.2, -0.15) is 0 Å². The van der Waals surface area contributed by atoms with Gasteiger partial charge in [0, 0.05) is 24.1 Å². The quantitative estimate of drug-likeness (QED) is 0.820. The van der Waals surface area contributed by atoms with Crippen LogP contribution in [0.4, 0.5) is 5.69 Å². The second-order valence-corrected chi connectivity index (χ2v) is 3.46. The van der Waals surface area contributed by atoms with Crippen molar-refractivity contribution in [2.75, 3.05) is 12.8 Å². The molecular weight excluding hydrogens is 218 g/mol. The number of nitrogens with zero attached hydrogens (tertiary/aromatic N) is 2. The van der Waals surface area contributed by atoms with E-state index in [1.54, 1.807) is 37.7 Å². The third kappa shape index (κ3) is 2.44. The van der Waals surface area contributed by atoms with Crippen molar-refractivity contribution in [3.05, 3.63) is 36.3 Å². The molecule has 5 heteroatoms. The van der Waals surface area contributed by atoms with Gasteiger partial charge in [-0.15, -0.1) is 0 Å². The number of nitrogens with two attached hydrogens (primary N) is 1. The SMILES string of the molecule is COc1cc(N)ccc1Oc1nccnc1C. The van der Waals surface area contributed by atoms with Gasteiger partial charge in [-0.05, 0) is 19.1 Å². The Morgan fingerprint density at radius 3 is 2.59 bits per heavy atom. The fraction of sp³-hybridized carbons (Fsp3) is 0.167. The van der Waals surface area contributed by atoms with Gasteiger partial charge in [0.05, 0.1) is 12.8 Å². The van der Waals surface area contributed by atoms with Crippen molar-refractivity contribution < 1.29 is 9.47 Å². The van der Waals surface area contributed by atoms with Crippen LogP contribution < -0.4 is 15.2 Å². The number of hydrogen-bond donors (Lipinski definition) is 1. The Kier molecular flexibility index (Phi) is 3.09. The number of methoxy groups -OCH3 is 1. The molecule has 0 atom stereocenters. The monoisotopic (exact) mass is 231 g/mol. The maximum Gasteiger partial charge on any atom is 0.241 e. The third-order valence-electron chi connectivity index (χ3n) is 2.23. The summed E-state index contributed by atoms with van der Waals surface area (Å²) in [5.74, 6) is 1.58. The van der Waals surface area contributed by atoms with Gasteiger partial charge in [-0.3, -0.25) is 4.98 Å². The maximum absolute atomic E-state index is 5.66. The lowest BCUT2D eigenvalue weighted by Crippen LogP contribution is -1.96. The summed E-state index contributed by atoms with van der Waals surface area (Å²) >= 11 is 0. The van der Waals surface area contributed by atoms with E-state index in [2.05, 4.69) is 9.97 Å². The van der Waals surface area contributed by atoms with Crippen molar-refractivity contribution >= 4 is 5.69 Å². The highest BCUT2D eigenvalue weighted by atomic mass is 16.5. The molecule has 2 aromatic rings. The minimum Gasteiger partial charge on any atom is -0.493 e. The molecule has 0 aliphatic heterocycles. The molecule has 0 radical (unpaired) electrons. The van der Waals surface area contributed by atoms with Crippen LogP contribution in [0.2, 0.25) is 0 Å². The first-order chi connectivity index (χ1) is 8.20. The molecule has 2 rings (SSSR count). The van der Waals surface area contributed by atoms with Crippen LogP contribution in [0.15, 0.2) is 30.6 Å². The minimum absolute atomic E-state index is 0.454. The van der Waals surface area contributed by atoms with Crippen LogP contribution in [0, 0.1) is 6.92 Å². The van der Waals surface area contributed by atoms with Crippen LogP contribution in [0.5, 0.6) is 17.4 Å². The summed E-state index contributed by atoms with van der Waals surface area (Å²) < 4.78 is 10.8. The van der Waals surface area contributed by atoms with Gasteiger partial charge in [0.1, 0.15) is 0 Å². The van der Waals surface area contributed by atoms with E-state index in [1.165, 1.54) is 0 Å². The molecule has 5 nitrogen and oxygen atoms in total. The van der Waals surface area contributed by atoms with E-state index in [-0.39, 0.29) is 0 Å². The topological polar surface area (TPSA) is 70.3 Å². The van der Waals surface area contributed by atoms with Gasteiger partial charge in [0.2, 0.25) is 5.88 Å². The molecule has 88 valence electrons. The maximum atomic E-state index is 5.66. The summed E-state index contributed by atoms with van der Waals surface area (Å²) in [4.78, 5) is 8.20. The third-order valence-corrected chi connectivity index (χ3v) is 2.23. The lowest BCUT2D eigenvalue weighted by atomic mass is 10.3. The minimum atomic E-state index is 0.454. The molecular formula is C12H13N3O2. The van der Waals surface area contributed by atoms with Gasteiger partial charge < -0.3 is 15.2 Å². The van der Waals surface area contributed by atoms with Crippen LogP contribution in [-0.2, 0) is 0 Å². The molecule has 2 N–H and O–H groups in total. The Morgan fingerprint density at radius 1 is 1.12 bits per heavy atom. The van der Waals surface area contributed by atoms with Crippen LogP contribution in [0.1, 0.15) is 5.69 Å². The molecule has 0 unspecified atom stereocenters. The lowest BCUT2D eigenvalue weighted by molar-refractivity contribution is 0.372. The summed E-state index contributed by atoms with van der Waals surface area (Å²) in [5.41, 5.74) is 6.99. The number of benzene rings is 1. The van der Waals surface area contributed by atoms with Crippen molar-refractivity contribution in [2.45, 2.75) is 6.92 Å². The second-order valence-electron chi connectivity index (χ2n) is 3.46. The molecule has 0 bridgehead atoms. The lowest BCUT2D eigenvalue weighted by Gasteiger charge is -2.10. The predicted molar refractivity (Wildman–Crippen MR) is 64.2 cm³/mol. The average Bonchev–Trinajstić information content (AvgIpc) is 2.34. The zero-order valence-corrected chi connectivity index (χ0v) is 9.68. The normalized spacial score (nSPS) is 10.0. The molecule has 0 saturated carbocycles. The molecule has 0 spiro atoms. The van der Waals surface area contributed by atoms with Crippen LogP contribution >= 0.6 is 0 Å². The number of rotatable bonds is 3. The predicted octanol–water partition coefficient (Wildman–Crippen LogP) is 2.17. The van der Waals surface area contributed by atoms with E-state index in [9.17, 15) is 0 Å². The fourth-order valence-corrected chi connectivity index (χ4v) is 1.37. The molecule has 17 heavy (non-hydrogen) atoms. The van der Waals surface area contributed by atoms with Crippen molar-refractivity contribution in [2.24, 2.45) is 0 Å². The van der Waals surface area contributed by atoms with Gasteiger partial charge in [0.25, 0.3) is 0 Å². The summed E-state index contributed by atoms with van der Waals surface area (Å²) in [6.07, 6.45) is 3.19. The van der Waals surface area contributed by atoms with Crippen LogP contribution in [0.25, 0.3) is 0 Å². The largest absolute Gasteiger partial charge is 0.493 e. The first-order valence-electron chi connectivity index (χ1n) is 5.09. The first-order valence-corrected chi connectivity index (χ1v) is 5.09. The summed E-state index contributed by atoms with van der Waals surface area (Å²) in [5, 5.41) is 0. The van der Waals surface area contributed by atoms with Crippen molar-refractivity contribution in [1.29, 1.82) is 0 Å². The zero-order valence-electron chi connectivity index (χ0n) is 9.68. The van der Waals surface area contributed by atoms with Crippen molar-refractivity contribution in [3.8, 4) is 17.4 Å². The van der Waals surface area contributed by atoms with Crippen molar-refractivity contribution in [1.82, 2.24) is 9.97 Å². The summed E-state index contributed by atoms with van der Waals surface area (Å²) in [7, 11) is 1.56. The van der Waals surface area contributed by atoms with E-state index >= 15 is 0 Å². The van der Waals surface area contributed by atoms with Gasteiger partial charge in [-0.1, -0.05) is 0 Å². The average molecular weight is 231 g/mol. The molecule has 0 saturated heterocycles. The van der Waals surface area contributed by atoms with E-state index < -0.39 is 0 Å². The van der Waals surface area contributed by atoms with E-state index in [4.69, 9.17) is 15.2 Å². The van der Waals surface area contributed by atoms with E-state index in [0.717, 1.165) is 0 Å². The Balaban J connectivity index is 2.33. The fourth-order valence-electron chi connectivity index (χ4n) is 1.37. The molecule has 1 aromatic carbocycles. The number of anilines is 1. The Labute approximate surface area is 99.2 Å². The number of aryl methyl sites for hydroxylation is 1. The zero-order chi connectivity index (χ0) is 12.3. The standard InChI is InChI=1S/C12H13N3O2/c1-8-12(15-6-5-14-8)17-10-4-3-9(13)7-11(10)16-2/h3-7H,13H2,1-2H3. The van der Waals surface area contributed by atoms with E-state index in [1.807, 2.05) is 6.92 Å². The van der Waals surface area contributed by atoms with Crippen molar-refractivity contribution in [3.63, 3.8) is 0 Å². The molecule has 1 aromatic heterocycles. The molecule has 1 heterocycles. The molecule has 0 aliphatic rings. The van der Waals surface area contributed by atoms with Crippen LogP contribution in [-0.4, -0.2) is 17.1 Å². The Hall–Kier alpha value is -2.30. The number of nitrogen functional groups attached to an aromatic ring is 1. The number of aromatic nitrogens is 2. The number of ether oxygens (including phenoxy) is 2. The van der Waals surface area contributed by atoms with E-state index in [0.29, 0.717) is 28.8 Å². The Morgan fingerprint density at radius 2 is 1.88 bits per heavy atom. The van der Waals surface area contributed by atoms with Crippen LogP contribution in [0.3, 0.4) is 0 Å². The Bertz CT molecular complexity index is 529. The number of hydrogen-bond acceptors (Lipinski definition) is 5. The molecule has 0 amide bonds. The highest BCUT2D eigenvalue weighted by molar-refractivity contribution is 5.52. The first kappa shape index (κ1) is 11.2.